The molecule has 0 atom stereocenters. The zero-order valence-electron chi connectivity index (χ0n) is 13.2. The molecule has 3 nitrogen and oxygen atoms in total. The first-order valence-corrected chi connectivity index (χ1v) is 7.67. The maximum Gasteiger partial charge on any atom is 0.127 e. The third kappa shape index (κ3) is 6.02. The van der Waals surface area contributed by atoms with Gasteiger partial charge in [-0.15, -0.1) is 0 Å². The first kappa shape index (κ1) is 16.2. The Hall–Kier alpha value is -1.13. The highest BCUT2D eigenvalue weighted by Gasteiger charge is 2.15. The standard InChI is InChI=1S/C17H26FNO2/c1-17(2,3)19-11-14-8-15(18)10-16(9-14)21-12-13-4-6-20-7-5-13/h8-10,13,19H,4-7,11-12H2,1-3H3. The van der Waals surface area contributed by atoms with E-state index in [1.165, 1.54) is 6.07 Å². The molecule has 1 fully saturated rings. The van der Waals surface area contributed by atoms with Crippen LogP contribution in [0.2, 0.25) is 0 Å². The predicted octanol–water partition coefficient (Wildman–Crippen LogP) is 3.52. The summed E-state index contributed by atoms with van der Waals surface area (Å²) in [6.45, 7) is 9.16. The van der Waals surface area contributed by atoms with Gasteiger partial charge in [0.15, 0.2) is 0 Å². The summed E-state index contributed by atoms with van der Waals surface area (Å²) in [6.07, 6.45) is 2.04. The quantitative estimate of drug-likeness (QED) is 0.901. The Balaban J connectivity index is 1.91. The minimum atomic E-state index is -0.245. The predicted molar refractivity (Wildman–Crippen MR) is 82.0 cm³/mol. The maximum absolute atomic E-state index is 13.7. The molecule has 118 valence electrons. The lowest BCUT2D eigenvalue weighted by molar-refractivity contribution is 0.0497. The van der Waals surface area contributed by atoms with E-state index in [1.54, 1.807) is 6.07 Å². The number of halogens is 1. The normalized spacial score (nSPS) is 17.0. The summed E-state index contributed by atoms with van der Waals surface area (Å²) in [4.78, 5) is 0. The second-order valence-electron chi connectivity index (χ2n) is 6.77. The number of ether oxygens (including phenoxy) is 2. The molecule has 0 bridgehead atoms. The second kappa shape index (κ2) is 7.23. The fourth-order valence-corrected chi connectivity index (χ4v) is 2.30. The molecule has 0 saturated carbocycles. The molecule has 0 aliphatic carbocycles. The monoisotopic (exact) mass is 295 g/mol. The Morgan fingerprint density at radius 3 is 2.62 bits per heavy atom. The van der Waals surface area contributed by atoms with Crippen LogP contribution in [0.1, 0.15) is 39.2 Å². The van der Waals surface area contributed by atoms with Crippen LogP contribution in [-0.2, 0) is 11.3 Å². The molecule has 0 radical (unpaired) electrons. The molecule has 0 spiro atoms. The summed E-state index contributed by atoms with van der Waals surface area (Å²) >= 11 is 0. The van der Waals surface area contributed by atoms with Crippen LogP contribution in [-0.4, -0.2) is 25.4 Å². The molecular formula is C17H26FNO2. The molecule has 0 aromatic heterocycles. The molecule has 1 aliphatic heterocycles. The second-order valence-corrected chi connectivity index (χ2v) is 6.77. The fourth-order valence-electron chi connectivity index (χ4n) is 2.30. The molecule has 21 heavy (non-hydrogen) atoms. The summed E-state index contributed by atoms with van der Waals surface area (Å²) in [6, 6.07) is 4.93. The number of nitrogens with one attached hydrogen (secondary N) is 1. The van der Waals surface area contributed by atoms with Gasteiger partial charge in [-0.05, 0) is 57.2 Å². The molecular weight excluding hydrogens is 269 g/mol. The largest absolute Gasteiger partial charge is 0.493 e. The SMILES string of the molecule is CC(C)(C)NCc1cc(F)cc(OCC2CCOCC2)c1. The van der Waals surface area contributed by atoms with Crippen LogP contribution in [0, 0.1) is 11.7 Å². The van der Waals surface area contributed by atoms with Crippen LogP contribution in [0.5, 0.6) is 5.75 Å². The summed E-state index contributed by atoms with van der Waals surface area (Å²) in [5.74, 6) is 0.885. The average Bonchev–Trinajstić information content (AvgIpc) is 2.43. The van der Waals surface area contributed by atoms with Crippen LogP contribution < -0.4 is 10.1 Å². The van der Waals surface area contributed by atoms with Crippen molar-refractivity contribution in [1.82, 2.24) is 5.32 Å². The zero-order valence-corrected chi connectivity index (χ0v) is 13.2. The Morgan fingerprint density at radius 1 is 1.24 bits per heavy atom. The van der Waals surface area contributed by atoms with Crippen molar-refractivity contribution < 1.29 is 13.9 Å². The van der Waals surface area contributed by atoms with Crippen molar-refractivity contribution in [3.05, 3.63) is 29.6 Å². The smallest absolute Gasteiger partial charge is 0.127 e. The third-order valence-electron chi connectivity index (χ3n) is 3.58. The van der Waals surface area contributed by atoms with Gasteiger partial charge < -0.3 is 14.8 Å². The Kier molecular flexibility index (Phi) is 5.59. The summed E-state index contributed by atoms with van der Waals surface area (Å²) < 4.78 is 24.8. The molecule has 4 heteroatoms. The Bertz CT molecular complexity index is 451. The van der Waals surface area contributed by atoms with E-state index in [0.717, 1.165) is 31.6 Å². The number of hydrogen-bond acceptors (Lipinski definition) is 3. The molecule has 2 rings (SSSR count). The van der Waals surface area contributed by atoms with E-state index < -0.39 is 0 Å². The van der Waals surface area contributed by atoms with Crippen LogP contribution >= 0.6 is 0 Å². The van der Waals surface area contributed by atoms with Crippen molar-refractivity contribution in [2.45, 2.75) is 45.7 Å². The van der Waals surface area contributed by atoms with Gasteiger partial charge in [-0.3, -0.25) is 0 Å². The lowest BCUT2D eigenvalue weighted by Crippen LogP contribution is -2.35. The van der Waals surface area contributed by atoms with Crippen LogP contribution in [0.3, 0.4) is 0 Å². The lowest BCUT2D eigenvalue weighted by atomic mass is 10.0. The van der Waals surface area contributed by atoms with Gasteiger partial charge in [-0.25, -0.2) is 4.39 Å². The van der Waals surface area contributed by atoms with Crippen LogP contribution in [0.15, 0.2) is 18.2 Å². The molecule has 0 amide bonds. The maximum atomic E-state index is 13.7. The highest BCUT2D eigenvalue weighted by Crippen LogP contribution is 2.20. The van der Waals surface area contributed by atoms with E-state index in [1.807, 2.05) is 6.07 Å². The van der Waals surface area contributed by atoms with Crippen molar-refractivity contribution in [3.63, 3.8) is 0 Å². The van der Waals surface area contributed by atoms with E-state index in [-0.39, 0.29) is 11.4 Å². The van der Waals surface area contributed by atoms with Gasteiger partial charge >= 0.3 is 0 Å². The minimum Gasteiger partial charge on any atom is -0.493 e. The molecule has 1 aromatic carbocycles. The van der Waals surface area contributed by atoms with E-state index in [2.05, 4.69) is 26.1 Å². The zero-order chi connectivity index (χ0) is 15.3. The van der Waals surface area contributed by atoms with Crippen molar-refractivity contribution >= 4 is 0 Å². The van der Waals surface area contributed by atoms with Gasteiger partial charge in [-0.2, -0.15) is 0 Å². The summed E-state index contributed by atoms with van der Waals surface area (Å²) in [5, 5.41) is 3.36. The summed E-state index contributed by atoms with van der Waals surface area (Å²) in [5.41, 5.74) is 0.919. The van der Waals surface area contributed by atoms with Gasteiger partial charge in [0, 0.05) is 31.4 Å². The third-order valence-corrected chi connectivity index (χ3v) is 3.58. The fraction of sp³-hybridized carbons (Fsp3) is 0.647. The Labute approximate surface area is 126 Å². The van der Waals surface area contributed by atoms with Gasteiger partial charge in [-0.1, -0.05) is 0 Å². The van der Waals surface area contributed by atoms with Crippen LogP contribution in [0.4, 0.5) is 4.39 Å². The van der Waals surface area contributed by atoms with Gasteiger partial charge in [0.05, 0.1) is 6.61 Å². The first-order valence-electron chi connectivity index (χ1n) is 7.67. The van der Waals surface area contributed by atoms with E-state index in [0.29, 0.717) is 24.8 Å². The van der Waals surface area contributed by atoms with Gasteiger partial charge in [0.1, 0.15) is 11.6 Å². The highest BCUT2D eigenvalue weighted by molar-refractivity contribution is 5.29. The molecule has 1 saturated heterocycles. The first-order chi connectivity index (χ1) is 9.92. The number of benzene rings is 1. The molecule has 1 heterocycles. The average molecular weight is 295 g/mol. The molecule has 1 aliphatic rings. The van der Waals surface area contributed by atoms with Crippen molar-refractivity contribution in [2.24, 2.45) is 5.92 Å². The summed E-state index contributed by atoms with van der Waals surface area (Å²) in [7, 11) is 0. The van der Waals surface area contributed by atoms with E-state index >= 15 is 0 Å². The molecule has 1 N–H and O–H groups in total. The van der Waals surface area contributed by atoms with Crippen molar-refractivity contribution in [2.75, 3.05) is 19.8 Å². The van der Waals surface area contributed by atoms with Crippen molar-refractivity contribution in [3.8, 4) is 5.75 Å². The molecule has 0 unspecified atom stereocenters. The van der Waals surface area contributed by atoms with E-state index in [9.17, 15) is 4.39 Å². The van der Waals surface area contributed by atoms with Gasteiger partial charge in [0.25, 0.3) is 0 Å². The topological polar surface area (TPSA) is 30.5 Å². The molecule has 1 aromatic rings. The van der Waals surface area contributed by atoms with Crippen LogP contribution in [0.25, 0.3) is 0 Å². The van der Waals surface area contributed by atoms with E-state index in [4.69, 9.17) is 9.47 Å². The minimum absolute atomic E-state index is 0.00936. The Morgan fingerprint density at radius 2 is 1.95 bits per heavy atom. The van der Waals surface area contributed by atoms with Gasteiger partial charge in [0.2, 0.25) is 0 Å². The number of hydrogen-bond donors (Lipinski definition) is 1. The van der Waals surface area contributed by atoms with Crippen molar-refractivity contribution in [1.29, 1.82) is 0 Å². The lowest BCUT2D eigenvalue weighted by Gasteiger charge is -2.23. The highest BCUT2D eigenvalue weighted by atomic mass is 19.1. The number of rotatable bonds is 5.